The average Bonchev–Trinajstić information content (AvgIpc) is 2.72. The molecule has 116 valence electrons. The van der Waals surface area contributed by atoms with Crippen LogP contribution in [-0.2, 0) is 9.59 Å². The van der Waals surface area contributed by atoms with Gasteiger partial charge in [-0.1, -0.05) is 12.1 Å². The van der Waals surface area contributed by atoms with Crippen LogP contribution in [0.1, 0.15) is 10.4 Å². The van der Waals surface area contributed by atoms with Gasteiger partial charge in [0, 0.05) is 7.05 Å². The highest BCUT2D eigenvalue weighted by atomic mass is 19.1. The van der Waals surface area contributed by atoms with E-state index in [-0.39, 0.29) is 12.1 Å². The molecule has 1 aromatic rings. The van der Waals surface area contributed by atoms with Gasteiger partial charge in [0.25, 0.3) is 17.7 Å². The molecule has 0 spiro atoms. The number of hydrogen-bond donors (Lipinski definition) is 2. The average molecular weight is 308 g/mol. The van der Waals surface area contributed by atoms with Gasteiger partial charge in [0.05, 0.1) is 5.56 Å². The van der Waals surface area contributed by atoms with Crippen molar-refractivity contribution in [1.29, 1.82) is 0 Å². The van der Waals surface area contributed by atoms with Crippen LogP contribution in [0.5, 0.6) is 0 Å². The summed E-state index contributed by atoms with van der Waals surface area (Å²) in [5.41, 5.74) is 3.79. The molecule has 1 aliphatic heterocycles. The van der Waals surface area contributed by atoms with E-state index in [2.05, 4.69) is 0 Å². The number of benzene rings is 1. The minimum Gasteiger partial charge on any atom is -0.318 e. The van der Waals surface area contributed by atoms with E-state index < -0.39 is 36.1 Å². The molecule has 8 nitrogen and oxygen atoms in total. The van der Waals surface area contributed by atoms with Gasteiger partial charge in [-0.2, -0.15) is 0 Å². The molecule has 0 unspecified atom stereocenters. The summed E-state index contributed by atoms with van der Waals surface area (Å²) in [6.07, 6.45) is 0. The molecule has 2 N–H and O–H groups in total. The summed E-state index contributed by atoms with van der Waals surface area (Å²) < 4.78 is 13.4. The Labute approximate surface area is 124 Å². The lowest BCUT2D eigenvalue weighted by Gasteiger charge is -2.14. The maximum atomic E-state index is 13.4. The van der Waals surface area contributed by atoms with Crippen molar-refractivity contribution in [3.63, 3.8) is 0 Å². The monoisotopic (exact) mass is 308 g/mol. The van der Waals surface area contributed by atoms with Crippen LogP contribution in [0.25, 0.3) is 0 Å². The second-order valence-electron chi connectivity index (χ2n) is 4.60. The molecule has 1 saturated heterocycles. The van der Waals surface area contributed by atoms with Crippen LogP contribution < -0.4 is 10.9 Å². The highest BCUT2D eigenvalue weighted by Crippen LogP contribution is 2.07. The van der Waals surface area contributed by atoms with Crippen LogP contribution in [0.2, 0.25) is 0 Å². The number of imide groups is 1. The van der Waals surface area contributed by atoms with Crippen molar-refractivity contribution in [2.24, 2.45) is 0 Å². The molecule has 0 radical (unpaired) electrons. The molecule has 1 aromatic carbocycles. The number of halogens is 1. The smallest absolute Gasteiger partial charge is 0.318 e. The Kier molecular flexibility index (Phi) is 4.35. The van der Waals surface area contributed by atoms with Crippen molar-refractivity contribution in [2.75, 3.05) is 20.1 Å². The highest BCUT2D eigenvalue weighted by Gasteiger charge is 2.34. The summed E-state index contributed by atoms with van der Waals surface area (Å²) in [6, 6.07) is 4.65. The molecule has 1 aliphatic rings. The number of amides is 5. The second-order valence-corrected chi connectivity index (χ2v) is 4.60. The van der Waals surface area contributed by atoms with E-state index in [4.69, 9.17) is 0 Å². The van der Waals surface area contributed by atoms with Crippen LogP contribution in [0.4, 0.5) is 9.18 Å². The lowest BCUT2D eigenvalue weighted by atomic mass is 10.2. The third-order valence-corrected chi connectivity index (χ3v) is 2.97. The number of rotatable bonds is 3. The third-order valence-electron chi connectivity index (χ3n) is 2.97. The molecule has 1 fully saturated rings. The van der Waals surface area contributed by atoms with Crippen molar-refractivity contribution < 1.29 is 23.6 Å². The van der Waals surface area contributed by atoms with E-state index in [1.54, 1.807) is 0 Å². The van der Waals surface area contributed by atoms with E-state index >= 15 is 0 Å². The second kappa shape index (κ2) is 6.20. The summed E-state index contributed by atoms with van der Waals surface area (Å²) >= 11 is 0. The summed E-state index contributed by atoms with van der Waals surface area (Å²) in [6.45, 7) is -0.632. The summed E-state index contributed by atoms with van der Waals surface area (Å²) in [5, 5.41) is 0. The van der Waals surface area contributed by atoms with Gasteiger partial charge in [0.2, 0.25) is 0 Å². The minimum atomic E-state index is -0.845. The van der Waals surface area contributed by atoms with Crippen LogP contribution in [0.3, 0.4) is 0 Å². The molecule has 0 saturated carbocycles. The number of nitrogens with zero attached hydrogens (tertiary/aromatic N) is 2. The SMILES string of the molecule is CN1CC(=O)N(CC(=O)NNC(=O)c2ccccc2F)C1=O. The molecule has 22 heavy (non-hydrogen) atoms. The van der Waals surface area contributed by atoms with E-state index in [9.17, 15) is 23.6 Å². The summed E-state index contributed by atoms with van der Waals surface area (Å²) in [4.78, 5) is 48.3. The fourth-order valence-corrected chi connectivity index (χ4v) is 1.85. The molecular weight excluding hydrogens is 295 g/mol. The normalized spacial score (nSPS) is 14.3. The minimum absolute atomic E-state index is 0.103. The van der Waals surface area contributed by atoms with Crippen LogP contribution >= 0.6 is 0 Å². The molecule has 0 aromatic heterocycles. The zero-order valence-corrected chi connectivity index (χ0v) is 11.6. The van der Waals surface area contributed by atoms with Crippen LogP contribution in [0.15, 0.2) is 24.3 Å². The molecule has 0 aliphatic carbocycles. The Morgan fingerprint density at radius 1 is 1.23 bits per heavy atom. The van der Waals surface area contributed by atoms with Gasteiger partial charge in [-0.3, -0.25) is 30.1 Å². The third kappa shape index (κ3) is 3.19. The predicted octanol–water partition coefficient (Wildman–Crippen LogP) is -0.519. The number of carbonyl (C=O) groups is 4. The van der Waals surface area contributed by atoms with Gasteiger partial charge in [0.1, 0.15) is 18.9 Å². The first-order chi connectivity index (χ1) is 10.4. The Hall–Kier alpha value is -2.97. The quantitative estimate of drug-likeness (QED) is 0.580. The fraction of sp³-hybridized carbons (Fsp3) is 0.231. The molecule has 0 atom stereocenters. The molecule has 0 bridgehead atoms. The lowest BCUT2D eigenvalue weighted by Crippen LogP contribution is -2.48. The molecular formula is C13H13FN4O4. The first-order valence-corrected chi connectivity index (χ1v) is 6.29. The van der Waals surface area contributed by atoms with Crippen molar-refractivity contribution in [2.45, 2.75) is 0 Å². The van der Waals surface area contributed by atoms with Crippen molar-refractivity contribution in [3.05, 3.63) is 35.6 Å². The van der Waals surface area contributed by atoms with Crippen molar-refractivity contribution in [1.82, 2.24) is 20.7 Å². The largest absolute Gasteiger partial charge is 0.327 e. The van der Waals surface area contributed by atoms with Crippen LogP contribution in [0, 0.1) is 5.82 Å². The Balaban J connectivity index is 1.88. The van der Waals surface area contributed by atoms with Gasteiger partial charge >= 0.3 is 6.03 Å². The number of likely N-dealkylation sites (N-methyl/N-ethyl adjacent to an activating group) is 1. The number of urea groups is 1. The first-order valence-electron chi connectivity index (χ1n) is 6.29. The summed E-state index contributed by atoms with van der Waals surface area (Å²) in [7, 11) is 1.43. The maximum Gasteiger partial charge on any atom is 0.327 e. The number of nitrogens with one attached hydrogen (secondary N) is 2. The highest BCUT2D eigenvalue weighted by molar-refractivity contribution is 6.04. The van der Waals surface area contributed by atoms with E-state index in [1.807, 2.05) is 10.9 Å². The molecule has 9 heteroatoms. The van der Waals surface area contributed by atoms with E-state index in [0.29, 0.717) is 0 Å². The summed E-state index contributed by atoms with van der Waals surface area (Å²) in [5.74, 6) is -2.87. The predicted molar refractivity (Wildman–Crippen MR) is 71.7 cm³/mol. The number of hydrazine groups is 1. The van der Waals surface area contributed by atoms with Gasteiger partial charge in [-0.05, 0) is 12.1 Å². The van der Waals surface area contributed by atoms with Gasteiger partial charge in [0.15, 0.2) is 0 Å². The van der Waals surface area contributed by atoms with E-state index in [1.165, 1.54) is 25.2 Å². The molecule has 2 rings (SSSR count). The molecule has 1 heterocycles. The first kappa shape index (κ1) is 15.4. The standard InChI is InChI=1S/C13H13FN4O4/c1-17-7-11(20)18(13(17)22)6-10(19)15-16-12(21)8-4-2-3-5-9(8)14/h2-5H,6-7H2,1H3,(H,15,19)(H,16,21). The fourth-order valence-electron chi connectivity index (χ4n) is 1.85. The van der Waals surface area contributed by atoms with E-state index in [0.717, 1.165) is 15.9 Å². The zero-order valence-electron chi connectivity index (χ0n) is 11.6. The number of hydrogen-bond acceptors (Lipinski definition) is 4. The lowest BCUT2D eigenvalue weighted by molar-refractivity contribution is -0.131. The maximum absolute atomic E-state index is 13.4. The van der Waals surface area contributed by atoms with Gasteiger partial charge < -0.3 is 4.90 Å². The van der Waals surface area contributed by atoms with Gasteiger partial charge in [-0.15, -0.1) is 0 Å². The Morgan fingerprint density at radius 2 is 1.91 bits per heavy atom. The Bertz CT molecular complexity index is 649. The van der Waals surface area contributed by atoms with Crippen molar-refractivity contribution in [3.8, 4) is 0 Å². The van der Waals surface area contributed by atoms with Gasteiger partial charge in [-0.25, -0.2) is 9.18 Å². The van der Waals surface area contributed by atoms with Crippen LogP contribution in [-0.4, -0.2) is 53.7 Å². The zero-order chi connectivity index (χ0) is 16.3. The molecule has 5 amide bonds. The number of carbonyl (C=O) groups excluding carboxylic acids is 4. The van der Waals surface area contributed by atoms with Crippen molar-refractivity contribution >= 4 is 23.8 Å². The Morgan fingerprint density at radius 3 is 2.50 bits per heavy atom. The topological polar surface area (TPSA) is 98.8 Å².